The number of carboxylic acids is 1. The van der Waals surface area contributed by atoms with Crippen molar-refractivity contribution in [2.24, 2.45) is 0 Å². The maximum atomic E-state index is 11.5. The maximum absolute atomic E-state index is 11.5. The van der Waals surface area contributed by atoms with Gasteiger partial charge < -0.3 is 15.7 Å². The van der Waals surface area contributed by atoms with Crippen LogP contribution in [0.5, 0.6) is 0 Å². The fraction of sp³-hybridized carbons (Fsp3) is 0.0833. The molecule has 0 unspecified atom stereocenters. The normalized spacial score (nSPS) is 10.0. The van der Waals surface area contributed by atoms with Crippen LogP contribution in [0.3, 0.4) is 0 Å². The highest BCUT2D eigenvalue weighted by molar-refractivity contribution is 6.01. The lowest BCUT2D eigenvalue weighted by atomic mass is 10.1. The predicted octanol–water partition coefficient (Wildman–Crippen LogP) is 1.44. The Morgan fingerprint density at radius 2 is 2.11 bits per heavy atom. The molecule has 0 radical (unpaired) electrons. The van der Waals surface area contributed by atoms with Gasteiger partial charge >= 0.3 is 12.0 Å². The van der Waals surface area contributed by atoms with Crippen LogP contribution in [-0.2, 0) is 4.79 Å². The lowest BCUT2D eigenvalue weighted by Crippen LogP contribution is -2.33. The Labute approximate surface area is 103 Å². The Kier molecular flexibility index (Phi) is 3.38. The van der Waals surface area contributed by atoms with Crippen LogP contribution in [0.4, 0.5) is 10.5 Å². The number of urea groups is 1. The van der Waals surface area contributed by atoms with E-state index in [4.69, 9.17) is 5.11 Å². The number of rotatable bonds is 3. The summed E-state index contributed by atoms with van der Waals surface area (Å²) in [4.78, 5) is 25.8. The Hall–Kier alpha value is -2.63. The van der Waals surface area contributed by atoms with Gasteiger partial charge in [-0.3, -0.25) is 9.78 Å². The largest absolute Gasteiger partial charge is 0.480 e. The molecule has 6 heteroatoms. The highest BCUT2D eigenvalue weighted by Gasteiger charge is 2.06. The number of hydrogen-bond donors (Lipinski definition) is 3. The first-order valence-corrected chi connectivity index (χ1v) is 5.26. The molecule has 18 heavy (non-hydrogen) atoms. The molecule has 0 fully saturated rings. The summed E-state index contributed by atoms with van der Waals surface area (Å²) >= 11 is 0. The Morgan fingerprint density at radius 3 is 2.89 bits per heavy atom. The summed E-state index contributed by atoms with van der Waals surface area (Å²) in [5, 5.41) is 15.0. The number of anilines is 1. The molecule has 0 aliphatic heterocycles. The monoisotopic (exact) mass is 245 g/mol. The second-order valence-electron chi connectivity index (χ2n) is 3.60. The molecule has 0 saturated heterocycles. The Balaban J connectivity index is 2.16. The van der Waals surface area contributed by atoms with E-state index in [-0.39, 0.29) is 0 Å². The van der Waals surface area contributed by atoms with Crippen LogP contribution in [0.15, 0.2) is 36.7 Å². The smallest absolute Gasteiger partial charge is 0.323 e. The number of benzene rings is 1. The molecule has 1 aromatic heterocycles. The number of pyridine rings is 1. The third-order valence-electron chi connectivity index (χ3n) is 2.33. The van der Waals surface area contributed by atoms with Crippen molar-refractivity contribution in [2.75, 3.05) is 11.9 Å². The van der Waals surface area contributed by atoms with E-state index in [2.05, 4.69) is 15.6 Å². The first-order valence-electron chi connectivity index (χ1n) is 5.26. The molecule has 0 spiro atoms. The number of hydrogen-bond acceptors (Lipinski definition) is 3. The van der Waals surface area contributed by atoms with Crippen molar-refractivity contribution >= 4 is 28.5 Å². The van der Waals surface area contributed by atoms with Crippen LogP contribution in [0.2, 0.25) is 0 Å². The van der Waals surface area contributed by atoms with E-state index in [1.807, 2.05) is 6.07 Å². The summed E-state index contributed by atoms with van der Waals surface area (Å²) in [6.07, 6.45) is 3.32. The topological polar surface area (TPSA) is 91.3 Å². The van der Waals surface area contributed by atoms with Gasteiger partial charge in [0, 0.05) is 23.2 Å². The fourth-order valence-electron chi connectivity index (χ4n) is 1.55. The van der Waals surface area contributed by atoms with Crippen molar-refractivity contribution in [3.8, 4) is 0 Å². The number of carboxylic acid groups (broad SMARTS) is 1. The van der Waals surface area contributed by atoms with Gasteiger partial charge in [0.15, 0.2) is 0 Å². The summed E-state index contributed by atoms with van der Waals surface area (Å²) < 4.78 is 0. The first kappa shape index (κ1) is 11.8. The summed E-state index contributed by atoms with van der Waals surface area (Å²) in [5.74, 6) is -1.09. The van der Waals surface area contributed by atoms with Gasteiger partial charge in [-0.1, -0.05) is 12.1 Å². The highest BCUT2D eigenvalue weighted by Crippen LogP contribution is 2.21. The van der Waals surface area contributed by atoms with Crippen molar-refractivity contribution in [3.05, 3.63) is 36.7 Å². The second kappa shape index (κ2) is 5.13. The van der Waals surface area contributed by atoms with Gasteiger partial charge in [-0.2, -0.15) is 0 Å². The molecule has 2 rings (SSSR count). The standard InChI is InChI=1S/C12H11N3O3/c16-11(17)7-14-12(18)15-10-3-1-2-8-6-13-5-4-9(8)10/h1-6H,7H2,(H,16,17)(H2,14,15,18). The summed E-state index contributed by atoms with van der Waals surface area (Å²) in [5.41, 5.74) is 0.609. The molecule has 3 N–H and O–H groups in total. The van der Waals surface area contributed by atoms with E-state index in [9.17, 15) is 9.59 Å². The number of amides is 2. The molecule has 2 amide bonds. The molecule has 92 valence electrons. The van der Waals surface area contributed by atoms with Crippen molar-refractivity contribution < 1.29 is 14.7 Å². The van der Waals surface area contributed by atoms with Gasteiger partial charge in [-0.15, -0.1) is 0 Å². The van der Waals surface area contributed by atoms with Gasteiger partial charge in [0.2, 0.25) is 0 Å². The molecule has 0 saturated carbocycles. The molecule has 2 aromatic rings. The Morgan fingerprint density at radius 1 is 1.28 bits per heavy atom. The lowest BCUT2D eigenvalue weighted by molar-refractivity contribution is -0.135. The summed E-state index contributed by atoms with van der Waals surface area (Å²) in [6, 6.07) is 6.63. The number of aromatic nitrogens is 1. The lowest BCUT2D eigenvalue weighted by Gasteiger charge is -2.08. The van der Waals surface area contributed by atoms with E-state index in [1.165, 1.54) is 0 Å². The van der Waals surface area contributed by atoms with Crippen molar-refractivity contribution in [1.82, 2.24) is 10.3 Å². The number of carbonyl (C=O) groups is 2. The average Bonchev–Trinajstić information content (AvgIpc) is 2.37. The second-order valence-corrected chi connectivity index (χ2v) is 3.60. The number of aliphatic carboxylic acids is 1. The summed E-state index contributed by atoms with van der Waals surface area (Å²) in [7, 11) is 0. The van der Waals surface area contributed by atoms with Crippen LogP contribution in [0.25, 0.3) is 10.8 Å². The average molecular weight is 245 g/mol. The van der Waals surface area contributed by atoms with E-state index >= 15 is 0 Å². The van der Waals surface area contributed by atoms with Crippen LogP contribution in [-0.4, -0.2) is 28.6 Å². The minimum atomic E-state index is -1.09. The number of carbonyl (C=O) groups excluding carboxylic acids is 1. The molecule has 0 atom stereocenters. The molecule has 0 aliphatic rings. The SMILES string of the molecule is O=C(O)CNC(=O)Nc1cccc2cnccc12. The van der Waals surface area contributed by atoms with Gasteiger partial charge in [-0.25, -0.2) is 4.79 Å². The van der Waals surface area contributed by atoms with E-state index < -0.39 is 18.5 Å². The molecule has 0 aliphatic carbocycles. The molecule has 1 heterocycles. The van der Waals surface area contributed by atoms with Gasteiger partial charge in [0.25, 0.3) is 0 Å². The Bertz CT molecular complexity index is 593. The number of nitrogens with one attached hydrogen (secondary N) is 2. The van der Waals surface area contributed by atoms with Crippen molar-refractivity contribution in [3.63, 3.8) is 0 Å². The predicted molar refractivity (Wildman–Crippen MR) is 66.4 cm³/mol. The molecular formula is C12H11N3O3. The molecule has 6 nitrogen and oxygen atoms in total. The van der Waals surface area contributed by atoms with Crippen LogP contribution in [0.1, 0.15) is 0 Å². The molecule has 0 bridgehead atoms. The zero-order chi connectivity index (χ0) is 13.0. The maximum Gasteiger partial charge on any atom is 0.323 e. The number of fused-ring (bicyclic) bond motifs is 1. The van der Waals surface area contributed by atoms with Crippen LogP contribution in [0, 0.1) is 0 Å². The molecule has 1 aromatic carbocycles. The van der Waals surface area contributed by atoms with Crippen LogP contribution >= 0.6 is 0 Å². The van der Waals surface area contributed by atoms with Gasteiger partial charge in [0.05, 0.1) is 5.69 Å². The third kappa shape index (κ3) is 2.73. The van der Waals surface area contributed by atoms with E-state index in [1.54, 1.807) is 30.6 Å². The highest BCUT2D eigenvalue weighted by atomic mass is 16.4. The quantitative estimate of drug-likeness (QED) is 0.763. The van der Waals surface area contributed by atoms with Crippen LogP contribution < -0.4 is 10.6 Å². The minimum absolute atomic E-state index is 0.418. The zero-order valence-corrected chi connectivity index (χ0v) is 9.38. The fourth-order valence-corrected chi connectivity index (χ4v) is 1.55. The molecular weight excluding hydrogens is 234 g/mol. The summed E-state index contributed by atoms with van der Waals surface area (Å²) in [6.45, 7) is -0.418. The van der Waals surface area contributed by atoms with Gasteiger partial charge in [-0.05, 0) is 12.1 Å². The van der Waals surface area contributed by atoms with Gasteiger partial charge in [0.1, 0.15) is 6.54 Å². The zero-order valence-electron chi connectivity index (χ0n) is 9.38. The van der Waals surface area contributed by atoms with Crippen molar-refractivity contribution in [1.29, 1.82) is 0 Å². The van der Waals surface area contributed by atoms with E-state index in [0.717, 1.165) is 10.8 Å². The van der Waals surface area contributed by atoms with Crippen molar-refractivity contribution in [2.45, 2.75) is 0 Å². The third-order valence-corrected chi connectivity index (χ3v) is 2.33. The minimum Gasteiger partial charge on any atom is -0.480 e. The first-order chi connectivity index (χ1) is 8.66. The number of nitrogens with zero attached hydrogens (tertiary/aromatic N) is 1. The van der Waals surface area contributed by atoms with E-state index in [0.29, 0.717) is 5.69 Å².